The molecule has 0 fully saturated rings. The first-order valence-corrected chi connectivity index (χ1v) is 5.82. The van der Waals surface area contributed by atoms with E-state index in [0.29, 0.717) is 23.7 Å². The molecule has 0 radical (unpaired) electrons. The van der Waals surface area contributed by atoms with Gasteiger partial charge in [0.05, 0.1) is 0 Å². The number of carbonyl (C=O) groups excluding carboxylic acids is 1. The summed E-state index contributed by atoms with van der Waals surface area (Å²) >= 11 is 1.52. The summed E-state index contributed by atoms with van der Waals surface area (Å²) in [4.78, 5) is 12.0. The van der Waals surface area contributed by atoms with Gasteiger partial charge in [0, 0.05) is 18.1 Å². The van der Waals surface area contributed by atoms with Crippen LogP contribution in [0.1, 0.15) is 27.4 Å². The number of aryl methyl sites for hydroxylation is 1. The summed E-state index contributed by atoms with van der Waals surface area (Å²) < 4.78 is 10.3. The number of rotatable bonds is 4. The van der Waals surface area contributed by atoms with Crippen LogP contribution in [0.5, 0.6) is 0 Å². The highest BCUT2D eigenvalue weighted by Gasteiger charge is 2.16. The molecule has 0 aromatic carbocycles. The van der Waals surface area contributed by atoms with Gasteiger partial charge in [-0.05, 0) is 30.0 Å². The lowest BCUT2D eigenvalue weighted by molar-refractivity contribution is 0.1000. The second kappa shape index (κ2) is 4.63. The summed E-state index contributed by atoms with van der Waals surface area (Å²) in [5.74, 6) is 0.966. The molecule has 3 nitrogen and oxygen atoms in total. The summed E-state index contributed by atoms with van der Waals surface area (Å²) in [6.45, 7) is 2.30. The molecule has 84 valence electrons. The number of ether oxygens (including phenoxy) is 1. The van der Waals surface area contributed by atoms with E-state index in [1.807, 2.05) is 17.7 Å². The molecular formula is C12H12O3S. The van der Waals surface area contributed by atoms with Gasteiger partial charge in [-0.3, -0.25) is 4.79 Å². The highest BCUT2D eigenvalue weighted by Crippen LogP contribution is 2.19. The summed E-state index contributed by atoms with van der Waals surface area (Å²) in [5.41, 5.74) is 1.70. The predicted molar refractivity (Wildman–Crippen MR) is 61.9 cm³/mol. The summed E-state index contributed by atoms with van der Waals surface area (Å²) in [6, 6.07) is 3.45. The van der Waals surface area contributed by atoms with Crippen LogP contribution in [0.4, 0.5) is 0 Å². The lowest BCUT2D eigenvalue weighted by Gasteiger charge is -1.96. The molecule has 0 aliphatic rings. The normalized spacial score (nSPS) is 10.6. The van der Waals surface area contributed by atoms with Crippen LogP contribution in [-0.2, 0) is 11.3 Å². The van der Waals surface area contributed by atoms with E-state index in [2.05, 4.69) is 0 Å². The second-order valence-electron chi connectivity index (χ2n) is 3.50. The largest absolute Gasteiger partial charge is 0.455 e. The van der Waals surface area contributed by atoms with E-state index >= 15 is 0 Å². The number of carbonyl (C=O) groups is 1. The van der Waals surface area contributed by atoms with Crippen LogP contribution in [0.2, 0.25) is 0 Å². The standard InChI is InChI=1S/C12H12O3S/c1-8-6-16-7-10(8)12(13)11-4-3-9(15-11)5-14-2/h3-4,6-7H,5H2,1-2H3. The molecule has 0 atom stereocenters. The molecule has 0 saturated carbocycles. The van der Waals surface area contributed by atoms with Crippen LogP contribution < -0.4 is 0 Å². The summed E-state index contributed by atoms with van der Waals surface area (Å²) in [6.07, 6.45) is 0. The van der Waals surface area contributed by atoms with Crippen LogP contribution >= 0.6 is 11.3 Å². The molecule has 2 aromatic rings. The van der Waals surface area contributed by atoms with Crippen molar-refractivity contribution in [1.82, 2.24) is 0 Å². The number of furan rings is 1. The average Bonchev–Trinajstić information content (AvgIpc) is 2.87. The molecule has 0 N–H and O–H groups in total. The first-order valence-electron chi connectivity index (χ1n) is 4.87. The van der Waals surface area contributed by atoms with Gasteiger partial charge >= 0.3 is 0 Å². The Kier molecular flexibility index (Phi) is 3.22. The number of thiophene rings is 1. The number of methoxy groups -OCH3 is 1. The third-order valence-corrected chi connectivity index (χ3v) is 3.13. The maximum absolute atomic E-state index is 12.0. The molecule has 0 amide bonds. The van der Waals surface area contributed by atoms with E-state index < -0.39 is 0 Å². The van der Waals surface area contributed by atoms with E-state index in [1.165, 1.54) is 11.3 Å². The fourth-order valence-electron chi connectivity index (χ4n) is 1.45. The van der Waals surface area contributed by atoms with Gasteiger partial charge in [-0.1, -0.05) is 0 Å². The van der Waals surface area contributed by atoms with Gasteiger partial charge in [-0.15, -0.1) is 0 Å². The Hall–Kier alpha value is -1.39. The number of ketones is 1. The molecule has 0 saturated heterocycles. The van der Waals surface area contributed by atoms with E-state index in [0.717, 1.165) is 5.56 Å². The molecule has 0 aliphatic carbocycles. The average molecular weight is 236 g/mol. The lowest BCUT2D eigenvalue weighted by atomic mass is 10.1. The minimum absolute atomic E-state index is 0.0684. The summed E-state index contributed by atoms with van der Waals surface area (Å²) in [5, 5.41) is 3.79. The van der Waals surface area contributed by atoms with Crippen molar-refractivity contribution in [2.24, 2.45) is 0 Å². The molecule has 4 heteroatoms. The fraction of sp³-hybridized carbons (Fsp3) is 0.250. The smallest absolute Gasteiger partial charge is 0.229 e. The van der Waals surface area contributed by atoms with Gasteiger partial charge in [-0.2, -0.15) is 11.3 Å². The molecule has 0 unspecified atom stereocenters. The van der Waals surface area contributed by atoms with Crippen LogP contribution in [-0.4, -0.2) is 12.9 Å². The van der Waals surface area contributed by atoms with E-state index in [9.17, 15) is 4.79 Å². The quantitative estimate of drug-likeness (QED) is 0.766. The molecular weight excluding hydrogens is 224 g/mol. The zero-order valence-electron chi connectivity index (χ0n) is 9.15. The van der Waals surface area contributed by atoms with Crippen molar-refractivity contribution in [3.05, 3.63) is 45.5 Å². The minimum Gasteiger partial charge on any atom is -0.455 e. The zero-order valence-corrected chi connectivity index (χ0v) is 9.97. The van der Waals surface area contributed by atoms with Crippen LogP contribution in [0.25, 0.3) is 0 Å². The summed E-state index contributed by atoms with van der Waals surface area (Å²) in [7, 11) is 1.59. The van der Waals surface area contributed by atoms with Crippen molar-refractivity contribution < 1.29 is 13.9 Å². The van der Waals surface area contributed by atoms with E-state index in [-0.39, 0.29) is 5.78 Å². The van der Waals surface area contributed by atoms with Crippen molar-refractivity contribution in [3.63, 3.8) is 0 Å². The van der Waals surface area contributed by atoms with E-state index in [1.54, 1.807) is 19.2 Å². The second-order valence-corrected chi connectivity index (χ2v) is 4.24. The fourth-order valence-corrected chi connectivity index (χ4v) is 2.27. The number of hydrogen-bond acceptors (Lipinski definition) is 4. The first-order chi connectivity index (χ1) is 7.72. The van der Waals surface area contributed by atoms with Gasteiger partial charge in [0.2, 0.25) is 5.78 Å². The zero-order chi connectivity index (χ0) is 11.5. The molecule has 0 spiro atoms. The number of hydrogen-bond donors (Lipinski definition) is 0. The molecule has 0 aliphatic heterocycles. The highest BCUT2D eigenvalue weighted by atomic mass is 32.1. The van der Waals surface area contributed by atoms with Crippen LogP contribution in [0.15, 0.2) is 27.3 Å². The Labute approximate surface area is 97.7 Å². The van der Waals surface area contributed by atoms with Crippen molar-refractivity contribution in [3.8, 4) is 0 Å². The Bertz CT molecular complexity index is 496. The van der Waals surface area contributed by atoms with Gasteiger partial charge in [0.1, 0.15) is 12.4 Å². The third kappa shape index (κ3) is 2.08. The Balaban J connectivity index is 2.24. The van der Waals surface area contributed by atoms with Crippen molar-refractivity contribution >= 4 is 17.1 Å². The van der Waals surface area contributed by atoms with Gasteiger partial charge < -0.3 is 9.15 Å². The van der Waals surface area contributed by atoms with Gasteiger partial charge in [-0.25, -0.2) is 0 Å². The minimum atomic E-state index is -0.0684. The Morgan fingerprint density at radius 1 is 1.44 bits per heavy atom. The molecule has 16 heavy (non-hydrogen) atoms. The third-order valence-electron chi connectivity index (χ3n) is 2.27. The Morgan fingerprint density at radius 2 is 2.25 bits per heavy atom. The van der Waals surface area contributed by atoms with Gasteiger partial charge in [0.15, 0.2) is 5.76 Å². The Morgan fingerprint density at radius 3 is 2.88 bits per heavy atom. The van der Waals surface area contributed by atoms with Gasteiger partial charge in [0.25, 0.3) is 0 Å². The first kappa shape index (κ1) is 11.1. The molecule has 2 aromatic heterocycles. The van der Waals surface area contributed by atoms with Crippen molar-refractivity contribution in [2.45, 2.75) is 13.5 Å². The highest BCUT2D eigenvalue weighted by molar-refractivity contribution is 7.08. The SMILES string of the molecule is COCc1ccc(C(=O)c2cscc2C)o1. The predicted octanol–water partition coefficient (Wildman–Crippen LogP) is 3.03. The monoisotopic (exact) mass is 236 g/mol. The van der Waals surface area contributed by atoms with Crippen LogP contribution in [0.3, 0.4) is 0 Å². The van der Waals surface area contributed by atoms with E-state index in [4.69, 9.17) is 9.15 Å². The maximum Gasteiger partial charge on any atom is 0.229 e. The van der Waals surface area contributed by atoms with Crippen molar-refractivity contribution in [2.75, 3.05) is 7.11 Å². The molecule has 2 rings (SSSR count). The van der Waals surface area contributed by atoms with Crippen molar-refractivity contribution in [1.29, 1.82) is 0 Å². The topological polar surface area (TPSA) is 39.4 Å². The maximum atomic E-state index is 12.0. The van der Waals surface area contributed by atoms with Crippen LogP contribution in [0, 0.1) is 6.92 Å². The lowest BCUT2D eigenvalue weighted by Crippen LogP contribution is -1.99. The molecule has 2 heterocycles. The molecule has 0 bridgehead atoms.